The maximum absolute atomic E-state index is 12.9. The summed E-state index contributed by atoms with van der Waals surface area (Å²) in [6.07, 6.45) is 4.50. The topological polar surface area (TPSA) is 57.2 Å². The number of likely N-dealkylation sites (tertiary alicyclic amines) is 1. The Morgan fingerprint density at radius 1 is 1.07 bits per heavy atom. The van der Waals surface area contributed by atoms with Crippen LogP contribution in [0.15, 0.2) is 18.2 Å². The van der Waals surface area contributed by atoms with Gasteiger partial charge in [-0.15, -0.1) is 0 Å². The molecule has 1 aliphatic carbocycles. The molecule has 1 atom stereocenters. The lowest BCUT2D eigenvalue weighted by molar-refractivity contribution is -0.128. The van der Waals surface area contributed by atoms with Crippen LogP contribution in [0.4, 0.5) is 0 Å². The zero-order valence-corrected chi connectivity index (χ0v) is 15.7. The second-order valence-corrected chi connectivity index (χ2v) is 8.25. The summed E-state index contributed by atoms with van der Waals surface area (Å²) >= 11 is 0. The predicted molar refractivity (Wildman–Crippen MR) is 98.3 cm³/mol. The van der Waals surface area contributed by atoms with E-state index in [0.717, 1.165) is 44.3 Å². The Kier molecular flexibility index (Phi) is 4.48. The van der Waals surface area contributed by atoms with Gasteiger partial charge in [0.25, 0.3) is 5.91 Å². The largest absolute Gasteiger partial charge is 0.490 e. The molecule has 2 saturated heterocycles. The van der Waals surface area contributed by atoms with Gasteiger partial charge in [0.2, 0.25) is 0 Å². The van der Waals surface area contributed by atoms with Gasteiger partial charge < -0.3 is 23.8 Å². The molecule has 6 heteroatoms. The quantitative estimate of drug-likeness (QED) is 0.794. The normalized spacial score (nSPS) is 25.9. The lowest BCUT2D eigenvalue weighted by atomic mass is 9.81. The van der Waals surface area contributed by atoms with Gasteiger partial charge in [0.15, 0.2) is 11.5 Å². The summed E-state index contributed by atoms with van der Waals surface area (Å²) in [5, 5.41) is 0. The van der Waals surface area contributed by atoms with Gasteiger partial charge in [-0.25, -0.2) is 0 Å². The number of nitrogens with zero attached hydrogens (tertiary/aromatic N) is 1. The molecule has 146 valence electrons. The Morgan fingerprint density at radius 2 is 1.89 bits per heavy atom. The van der Waals surface area contributed by atoms with E-state index in [1.807, 2.05) is 17.0 Å². The van der Waals surface area contributed by atoms with Gasteiger partial charge in [0.05, 0.1) is 32.9 Å². The van der Waals surface area contributed by atoms with E-state index in [4.69, 9.17) is 18.9 Å². The van der Waals surface area contributed by atoms with E-state index in [1.54, 1.807) is 6.07 Å². The maximum atomic E-state index is 12.9. The molecule has 0 aromatic heterocycles. The van der Waals surface area contributed by atoms with Crippen LogP contribution in [0.25, 0.3) is 0 Å². The molecule has 1 saturated carbocycles. The van der Waals surface area contributed by atoms with E-state index >= 15 is 0 Å². The van der Waals surface area contributed by atoms with Crippen molar-refractivity contribution in [3.63, 3.8) is 0 Å². The summed E-state index contributed by atoms with van der Waals surface area (Å²) in [5.74, 6) is 2.59. The fourth-order valence-corrected chi connectivity index (χ4v) is 4.25. The van der Waals surface area contributed by atoms with Crippen LogP contribution in [0.2, 0.25) is 0 Å². The van der Waals surface area contributed by atoms with Crippen LogP contribution in [0.3, 0.4) is 0 Å². The lowest BCUT2D eigenvalue weighted by Gasteiger charge is -2.50. The molecule has 4 aliphatic rings. The molecule has 1 amide bonds. The molecule has 3 fully saturated rings. The van der Waals surface area contributed by atoms with E-state index < -0.39 is 0 Å². The summed E-state index contributed by atoms with van der Waals surface area (Å²) in [6.45, 7) is 4.97. The highest BCUT2D eigenvalue weighted by atomic mass is 16.5. The number of rotatable bonds is 5. The van der Waals surface area contributed by atoms with Gasteiger partial charge in [-0.3, -0.25) is 4.79 Å². The molecule has 1 spiro atoms. The predicted octanol–water partition coefficient (Wildman–Crippen LogP) is 2.51. The van der Waals surface area contributed by atoms with Crippen molar-refractivity contribution < 1.29 is 23.7 Å². The Hall–Kier alpha value is -1.79. The highest BCUT2D eigenvalue weighted by molar-refractivity contribution is 5.95. The van der Waals surface area contributed by atoms with Gasteiger partial charge in [-0.1, -0.05) is 0 Å². The number of amides is 1. The average Bonchev–Trinajstić information content (AvgIpc) is 3.41. The summed E-state index contributed by atoms with van der Waals surface area (Å²) < 4.78 is 23.3. The Morgan fingerprint density at radius 3 is 2.70 bits per heavy atom. The molecule has 6 nitrogen and oxygen atoms in total. The first-order valence-electron chi connectivity index (χ1n) is 10.1. The van der Waals surface area contributed by atoms with Gasteiger partial charge in [-0.05, 0) is 43.4 Å². The number of carbonyl (C=O) groups is 1. The Balaban J connectivity index is 1.20. The zero-order chi connectivity index (χ0) is 18.3. The van der Waals surface area contributed by atoms with E-state index in [-0.39, 0.29) is 11.5 Å². The number of benzene rings is 1. The number of hydrogen-bond acceptors (Lipinski definition) is 5. The second-order valence-electron chi connectivity index (χ2n) is 8.25. The summed E-state index contributed by atoms with van der Waals surface area (Å²) in [7, 11) is 0. The van der Waals surface area contributed by atoms with Crippen molar-refractivity contribution in [2.24, 2.45) is 11.8 Å². The standard InChI is InChI=1S/C21H27NO5/c23-20(16-4-5-18-19(10-16)26-8-1-7-25-18)22-13-21(14-22)17(6-9-27-21)12-24-11-15-2-3-15/h4-5,10,15,17H,1-3,6-9,11-14H2/t17-/m1/s1. The van der Waals surface area contributed by atoms with Crippen molar-refractivity contribution in [2.75, 3.05) is 46.1 Å². The summed E-state index contributed by atoms with van der Waals surface area (Å²) in [4.78, 5) is 14.8. The van der Waals surface area contributed by atoms with Gasteiger partial charge >= 0.3 is 0 Å². The number of ether oxygens (including phenoxy) is 4. The van der Waals surface area contributed by atoms with Crippen molar-refractivity contribution in [1.82, 2.24) is 4.90 Å². The first kappa shape index (κ1) is 17.3. The van der Waals surface area contributed by atoms with Crippen LogP contribution in [0.1, 0.15) is 36.0 Å². The second kappa shape index (κ2) is 6.99. The van der Waals surface area contributed by atoms with Crippen LogP contribution in [-0.2, 0) is 9.47 Å². The molecule has 0 bridgehead atoms. The molecular weight excluding hydrogens is 346 g/mol. The summed E-state index contributed by atoms with van der Waals surface area (Å²) in [5.41, 5.74) is 0.443. The number of hydrogen-bond donors (Lipinski definition) is 0. The Labute approximate surface area is 159 Å². The highest BCUT2D eigenvalue weighted by Gasteiger charge is 2.54. The molecule has 1 aromatic rings. The molecule has 0 radical (unpaired) electrons. The van der Waals surface area contributed by atoms with Crippen LogP contribution in [-0.4, -0.2) is 62.5 Å². The fourth-order valence-electron chi connectivity index (χ4n) is 4.25. The third-order valence-corrected chi connectivity index (χ3v) is 6.17. The van der Waals surface area contributed by atoms with Gasteiger partial charge in [-0.2, -0.15) is 0 Å². The van der Waals surface area contributed by atoms with Crippen LogP contribution >= 0.6 is 0 Å². The Bertz CT molecular complexity index is 711. The zero-order valence-electron chi connectivity index (χ0n) is 15.7. The molecule has 0 N–H and O–H groups in total. The van der Waals surface area contributed by atoms with E-state index in [1.165, 1.54) is 12.8 Å². The lowest BCUT2D eigenvalue weighted by Crippen LogP contribution is -2.66. The maximum Gasteiger partial charge on any atom is 0.254 e. The monoisotopic (exact) mass is 373 g/mol. The van der Waals surface area contributed by atoms with Crippen LogP contribution in [0.5, 0.6) is 11.5 Å². The first-order chi connectivity index (χ1) is 13.2. The number of fused-ring (bicyclic) bond motifs is 1. The van der Waals surface area contributed by atoms with Gasteiger partial charge in [0, 0.05) is 31.1 Å². The van der Waals surface area contributed by atoms with Crippen molar-refractivity contribution in [1.29, 1.82) is 0 Å². The molecular formula is C21H27NO5. The average molecular weight is 373 g/mol. The fraction of sp³-hybridized carbons (Fsp3) is 0.667. The number of carbonyl (C=O) groups excluding carboxylic acids is 1. The van der Waals surface area contributed by atoms with Crippen molar-refractivity contribution in [3.05, 3.63) is 23.8 Å². The summed E-state index contributed by atoms with van der Waals surface area (Å²) in [6, 6.07) is 5.47. The highest BCUT2D eigenvalue weighted by Crippen LogP contribution is 2.41. The van der Waals surface area contributed by atoms with Crippen LogP contribution < -0.4 is 9.47 Å². The van der Waals surface area contributed by atoms with E-state index in [0.29, 0.717) is 43.5 Å². The van der Waals surface area contributed by atoms with Gasteiger partial charge in [0.1, 0.15) is 5.60 Å². The minimum Gasteiger partial charge on any atom is -0.490 e. The van der Waals surface area contributed by atoms with E-state index in [2.05, 4.69) is 0 Å². The van der Waals surface area contributed by atoms with Crippen LogP contribution in [0, 0.1) is 11.8 Å². The molecule has 3 heterocycles. The molecule has 27 heavy (non-hydrogen) atoms. The van der Waals surface area contributed by atoms with E-state index in [9.17, 15) is 4.79 Å². The van der Waals surface area contributed by atoms with Crippen molar-refractivity contribution in [2.45, 2.75) is 31.3 Å². The third-order valence-electron chi connectivity index (χ3n) is 6.17. The minimum atomic E-state index is -0.204. The third kappa shape index (κ3) is 3.41. The smallest absolute Gasteiger partial charge is 0.254 e. The molecule has 1 aromatic carbocycles. The molecule has 3 aliphatic heterocycles. The van der Waals surface area contributed by atoms with Crippen molar-refractivity contribution >= 4 is 5.91 Å². The molecule has 0 unspecified atom stereocenters. The molecule has 5 rings (SSSR count). The minimum absolute atomic E-state index is 0.0319. The SMILES string of the molecule is O=C(c1ccc2c(c1)OCCCO2)N1CC2(C1)OCC[C@@H]2COCC1CC1. The van der Waals surface area contributed by atoms with Crippen molar-refractivity contribution in [3.8, 4) is 11.5 Å². The first-order valence-corrected chi connectivity index (χ1v) is 10.1.